The van der Waals surface area contributed by atoms with Crippen LogP contribution in [0.5, 0.6) is 17.2 Å². The van der Waals surface area contributed by atoms with Gasteiger partial charge in [0.15, 0.2) is 11.5 Å². The van der Waals surface area contributed by atoms with Gasteiger partial charge in [-0.2, -0.15) is 0 Å². The molecule has 0 unspecified atom stereocenters. The van der Waals surface area contributed by atoms with E-state index in [1.165, 1.54) is 0 Å². The second kappa shape index (κ2) is 13.4. The van der Waals surface area contributed by atoms with E-state index in [1.54, 1.807) is 14.2 Å². The summed E-state index contributed by atoms with van der Waals surface area (Å²) < 4.78 is 18.9. The van der Waals surface area contributed by atoms with Gasteiger partial charge in [-0.1, -0.05) is 48.5 Å². The maximum atomic E-state index is 9.10. The second-order valence-corrected chi connectivity index (χ2v) is 7.98. The van der Waals surface area contributed by atoms with Crippen LogP contribution in [0, 0.1) is 0 Å². The van der Waals surface area contributed by atoms with Crippen LogP contribution in [0.4, 0.5) is 5.95 Å². The number of carboxylic acid groups (broad SMARTS) is 2. The van der Waals surface area contributed by atoms with Gasteiger partial charge in [0.05, 0.1) is 26.1 Å². The quantitative estimate of drug-likeness (QED) is 0.274. The summed E-state index contributed by atoms with van der Waals surface area (Å²) in [4.78, 5) is 22.7. The Morgan fingerprint density at radius 3 is 2.26 bits per heavy atom. The molecule has 4 rings (SSSR count). The standard InChI is InChI=1S/C26H27N3O3.C2H2O4/c1-29-23(21-10-7-11-22(15-21)30-2)17-28-26(29)27-16-20-12-13-24(31-3)25(14-20)32-18-19-8-5-4-6-9-19;3-1(4)2(5)6/h4-15,17H,16,18H2,1-3H3,(H,27,28);(H,3,4)(H,5,6). The third-order valence-electron chi connectivity index (χ3n) is 5.45. The first-order valence-corrected chi connectivity index (χ1v) is 11.5. The van der Waals surface area contributed by atoms with Crippen LogP contribution >= 0.6 is 0 Å². The highest BCUT2D eigenvalue weighted by molar-refractivity contribution is 6.27. The Hall–Kier alpha value is -4.99. The molecule has 0 saturated heterocycles. The van der Waals surface area contributed by atoms with Crippen LogP contribution in [0.1, 0.15) is 11.1 Å². The molecule has 0 aliphatic heterocycles. The maximum absolute atomic E-state index is 9.10. The van der Waals surface area contributed by atoms with Crippen molar-refractivity contribution in [1.82, 2.24) is 9.55 Å². The molecule has 1 heterocycles. The zero-order valence-corrected chi connectivity index (χ0v) is 21.2. The van der Waals surface area contributed by atoms with Crippen molar-refractivity contribution < 1.29 is 34.0 Å². The SMILES string of the molecule is COc1cccc(-c2cnc(NCc3ccc(OC)c(OCc4ccccc4)c3)n2C)c1.O=C(O)C(=O)O. The van der Waals surface area contributed by atoms with Crippen molar-refractivity contribution >= 4 is 17.9 Å². The van der Waals surface area contributed by atoms with Crippen molar-refractivity contribution in [2.45, 2.75) is 13.2 Å². The fourth-order valence-corrected chi connectivity index (χ4v) is 3.48. The molecular weight excluding hydrogens is 490 g/mol. The third-order valence-corrected chi connectivity index (χ3v) is 5.45. The lowest BCUT2D eigenvalue weighted by atomic mass is 10.1. The van der Waals surface area contributed by atoms with Crippen LogP contribution < -0.4 is 19.5 Å². The number of carboxylic acids is 2. The summed E-state index contributed by atoms with van der Waals surface area (Å²) in [5.41, 5.74) is 4.23. The maximum Gasteiger partial charge on any atom is 0.414 e. The van der Waals surface area contributed by atoms with Crippen LogP contribution in [-0.2, 0) is 29.8 Å². The van der Waals surface area contributed by atoms with Gasteiger partial charge in [0.2, 0.25) is 5.95 Å². The molecule has 4 aromatic rings. The fourth-order valence-electron chi connectivity index (χ4n) is 3.48. The van der Waals surface area contributed by atoms with Crippen LogP contribution in [0.15, 0.2) is 79.0 Å². The van der Waals surface area contributed by atoms with Crippen molar-refractivity contribution in [2.24, 2.45) is 7.05 Å². The van der Waals surface area contributed by atoms with Gasteiger partial charge in [-0.25, -0.2) is 14.6 Å². The lowest BCUT2D eigenvalue weighted by Crippen LogP contribution is -2.09. The number of aliphatic carboxylic acids is 2. The van der Waals surface area contributed by atoms with Gasteiger partial charge < -0.3 is 34.3 Å². The summed E-state index contributed by atoms with van der Waals surface area (Å²) in [6.07, 6.45) is 1.86. The predicted molar refractivity (Wildman–Crippen MR) is 142 cm³/mol. The number of anilines is 1. The number of imidazole rings is 1. The molecule has 0 amide bonds. The Kier molecular flexibility index (Phi) is 9.70. The van der Waals surface area contributed by atoms with Crippen LogP contribution in [-0.4, -0.2) is 45.9 Å². The molecular formula is C28H29N3O7. The highest BCUT2D eigenvalue weighted by Crippen LogP contribution is 2.30. The van der Waals surface area contributed by atoms with Crippen molar-refractivity contribution in [3.8, 4) is 28.5 Å². The summed E-state index contributed by atoms with van der Waals surface area (Å²) in [7, 11) is 5.31. The van der Waals surface area contributed by atoms with E-state index in [4.69, 9.17) is 34.0 Å². The molecule has 198 valence electrons. The molecule has 10 heteroatoms. The van der Waals surface area contributed by atoms with Crippen LogP contribution in [0.25, 0.3) is 11.3 Å². The first kappa shape index (κ1) is 27.6. The summed E-state index contributed by atoms with van der Waals surface area (Å²) in [5, 5.41) is 18.2. The highest BCUT2D eigenvalue weighted by Gasteiger charge is 2.11. The van der Waals surface area contributed by atoms with E-state index in [0.717, 1.165) is 34.1 Å². The zero-order valence-electron chi connectivity index (χ0n) is 21.2. The van der Waals surface area contributed by atoms with E-state index >= 15 is 0 Å². The third kappa shape index (κ3) is 7.50. The van der Waals surface area contributed by atoms with Crippen molar-refractivity contribution in [3.63, 3.8) is 0 Å². The molecule has 10 nitrogen and oxygen atoms in total. The molecule has 0 spiro atoms. The highest BCUT2D eigenvalue weighted by atomic mass is 16.5. The van der Waals surface area contributed by atoms with Gasteiger partial charge in [-0.05, 0) is 35.4 Å². The van der Waals surface area contributed by atoms with E-state index in [0.29, 0.717) is 24.7 Å². The fraction of sp³-hybridized carbons (Fsp3) is 0.179. The number of methoxy groups -OCH3 is 2. The lowest BCUT2D eigenvalue weighted by molar-refractivity contribution is -0.159. The topological polar surface area (TPSA) is 132 Å². The van der Waals surface area contributed by atoms with Gasteiger partial charge in [-0.15, -0.1) is 0 Å². The first-order valence-electron chi connectivity index (χ1n) is 11.5. The van der Waals surface area contributed by atoms with Crippen LogP contribution in [0.2, 0.25) is 0 Å². The average molecular weight is 520 g/mol. The Labute approximate surface area is 220 Å². The normalized spacial score (nSPS) is 10.1. The summed E-state index contributed by atoms with van der Waals surface area (Å²) in [6.45, 7) is 1.09. The van der Waals surface area contributed by atoms with Crippen molar-refractivity contribution in [1.29, 1.82) is 0 Å². The first-order chi connectivity index (χ1) is 18.3. The number of hydrogen-bond acceptors (Lipinski definition) is 7. The molecule has 0 fully saturated rings. The minimum absolute atomic E-state index is 0.483. The van der Waals surface area contributed by atoms with Gasteiger partial charge in [0.25, 0.3) is 0 Å². The molecule has 38 heavy (non-hydrogen) atoms. The molecule has 0 saturated carbocycles. The number of carbonyl (C=O) groups is 2. The number of ether oxygens (including phenoxy) is 3. The molecule has 0 radical (unpaired) electrons. The molecule has 1 aromatic heterocycles. The van der Waals surface area contributed by atoms with E-state index in [2.05, 4.69) is 10.3 Å². The predicted octanol–water partition coefficient (Wildman–Crippen LogP) is 4.45. The number of aromatic nitrogens is 2. The van der Waals surface area contributed by atoms with Crippen molar-refractivity contribution in [2.75, 3.05) is 19.5 Å². The number of nitrogens with zero attached hydrogens (tertiary/aromatic N) is 2. The van der Waals surface area contributed by atoms with E-state index in [1.807, 2.05) is 90.6 Å². The van der Waals surface area contributed by atoms with E-state index < -0.39 is 11.9 Å². The largest absolute Gasteiger partial charge is 0.497 e. The molecule has 3 N–H and O–H groups in total. The monoisotopic (exact) mass is 519 g/mol. The van der Waals surface area contributed by atoms with E-state index in [-0.39, 0.29) is 0 Å². The molecule has 0 atom stereocenters. The number of rotatable bonds is 9. The summed E-state index contributed by atoms with van der Waals surface area (Å²) in [5.74, 6) is -0.621. The number of hydrogen-bond donors (Lipinski definition) is 3. The lowest BCUT2D eigenvalue weighted by Gasteiger charge is -2.13. The summed E-state index contributed by atoms with van der Waals surface area (Å²) in [6, 6.07) is 24.0. The molecule has 0 aliphatic carbocycles. The Balaban J connectivity index is 0.000000599. The van der Waals surface area contributed by atoms with Gasteiger partial charge >= 0.3 is 11.9 Å². The summed E-state index contributed by atoms with van der Waals surface area (Å²) >= 11 is 0. The smallest absolute Gasteiger partial charge is 0.414 e. The van der Waals surface area contributed by atoms with Gasteiger partial charge in [0, 0.05) is 19.2 Å². The average Bonchev–Trinajstić information content (AvgIpc) is 3.31. The molecule has 3 aromatic carbocycles. The number of nitrogens with one attached hydrogen (secondary N) is 1. The van der Waals surface area contributed by atoms with Gasteiger partial charge in [0.1, 0.15) is 12.4 Å². The van der Waals surface area contributed by atoms with Crippen molar-refractivity contribution in [3.05, 3.63) is 90.1 Å². The molecule has 0 bridgehead atoms. The Bertz CT molecular complexity index is 1360. The zero-order chi connectivity index (χ0) is 27.5. The van der Waals surface area contributed by atoms with E-state index in [9.17, 15) is 0 Å². The molecule has 0 aliphatic rings. The number of benzene rings is 3. The minimum atomic E-state index is -1.82. The second-order valence-electron chi connectivity index (χ2n) is 7.98. The Morgan fingerprint density at radius 2 is 1.61 bits per heavy atom. The van der Waals surface area contributed by atoms with Gasteiger partial charge in [-0.3, -0.25) is 0 Å². The minimum Gasteiger partial charge on any atom is -0.497 e. The van der Waals surface area contributed by atoms with Crippen LogP contribution in [0.3, 0.4) is 0 Å². The Morgan fingerprint density at radius 1 is 0.868 bits per heavy atom.